The number of thioether (sulfide) groups is 1. The molecule has 1 aliphatic heterocycles. The Bertz CT molecular complexity index is 1650. The number of methoxy groups -OCH3 is 2. The van der Waals surface area contributed by atoms with Crippen LogP contribution in [0.5, 0.6) is 11.5 Å². The first kappa shape index (κ1) is 30.5. The Morgan fingerprint density at radius 2 is 1.79 bits per heavy atom. The third kappa shape index (κ3) is 5.96. The van der Waals surface area contributed by atoms with Crippen molar-refractivity contribution >= 4 is 41.0 Å². The van der Waals surface area contributed by atoms with Crippen LogP contribution in [-0.4, -0.2) is 54.7 Å². The van der Waals surface area contributed by atoms with E-state index in [9.17, 15) is 9.59 Å². The van der Waals surface area contributed by atoms with Crippen molar-refractivity contribution in [1.29, 1.82) is 0 Å². The van der Waals surface area contributed by atoms with E-state index in [1.54, 1.807) is 23.8 Å². The summed E-state index contributed by atoms with van der Waals surface area (Å²) in [5.74, 6) is 1.35. The van der Waals surface area contributed by atoms with Crippen molar-refractivity contribution in [3.8, 4) is 28.4 Å². The van der Waals surface area contributed by atoms with Gasteiger partial charge in [-0.3, -0.25) is 14.5 Å². The molecule has 10 heteroatoms. The van der Waals surface area contributed by atoms with E-state index >= 15 is 0 Å². The zero-order valence-electron chi connectivity index (χ0n) is 24.9. The summed E-state index contributed by atoms with van der Waals surface area (Å²) >= 11 is 8.28. The Hall–Kier alpha value is -3.95. The fourth-order valence-corrected chi connectivity index (χ4v) is 6.94. The fraction of sp³-hybridized carbons (Fsp3) is 0.303. The maximum absolute atomic E-state index is 14.0. The van der Waals surface area contributed by atoms with Crippen LogP contribution in [0.4, 0.5) is 5.82 Å². The molecule has 0 saturated carbocycles. The number of carbonyl (C=O) groups is 2. The average molecular weight is 619 g/mol. The van der Waals surface area contributed by atoms with Gasteiger partial charge in [-0.05, 0) is 55.7 Å². The van der Waals surface area contributed by atoms with Crippen molar-refractivity contribution in [3.63, 3.8) is 0 Å². The van der Waals surface area contributed by atoms with E-state index in [1.807, 2.05) is 75.4 Å². The molecule has 0 fully saturated rings. The van der Waals surface area contributed by atoms with Crippen molar-refractivity contribution in [3.05, 3.63) is 87.9 Å². The summed E-state index contributed by atoms with van der Waals surface area (Å²) in [5, 5.41) is 8.33. The molecule has 0 saturated heterocycles. The van der Waals surface area contributed by atoms with E-state index in [4.69, 9.17) is 26.2 Å². The largest absolute Gasteiger partial charge is 0.496 e. The van der Waals surface area contributed by atoms with E-state index in [2.05, 4.69) is 11.4 Å². The molecule has 0 aliphatic carbocycles. The third-order valence-corrected chi connectivity index (χ3v) is 8.98. The number of aryl methyl sites for hydroxylation is 2. The van der Waals surface area contributed by atoms with Crippen LogP contribution in [0.3, 0.4) is 0 Å². The lowest BCUT2D eigenvalue weighted by atomic mass is 9.98. The first-order valence-electron chi connectivity index (χ1n) is 14.1. The van der Waals surface area contributed by atoms with Crippen LogP contribution in [0.2, 0.25) is 5.02 Å². The van der Waals surface area contributed by atoms with E-state index in [0.717, 1.165) is 34.4 Å². The Balaban J connectivity index is 1.90. The van der Waals surface area contributed by atoms with Gasteiger partial charge in [0, 0.05) is 17.1 Å². The Morgan fingerprint density at radius 1 is 1.07 bits per heavy atom. The number of fused-ring (bicyclic) bond motifs is 1. The predicted octanol–water partition coefficient (Wildman–Crippen LogP) is 6.52. The van der Waals surface area contributed by atoms with Crippen molar-refractivity contribution in [2.75, 3.05) is 38.0 Å². The summed E-state index contributed by atoms with van der Waals surface area (Å²) in [6.45, 7) is 6.40. The van der Waals surface area contributed by atoms with Gasteiger partial charge in [0.25, 0.3) is 0 Å². The number of halogens is 1. The zero-order chi connectivity index (χ0) is 30.7. The topological polar surface area (TPSA) is 85.7 Å². The second-order valence-electron chi connectivity index (χ2n) is 10.4. The molecule has 5 rings (SSSR count). The van der Waals surface area contributed by atoms with E-state index in [1.165, 1.54) is 11.8 Å². The molecule has 0 unspecified atom stereocenters. The summed E-state index contributed by atoms with van der Waals surface area (Å²) in [6, 6.07) is 19.3. The highest BCUT2D eigenvalue weighted by Gasteiger charge is 2.39. The predicted molar refractivity (Wildman–Crippen MR) is 173 cm³/mol. The van der Waals surface area contributed by atoms with E-state index in [0.29, 0.717) is 40.1 Å². The van der Waals surface area contributed by atoms with E-state index in [-0.39, 0.29) is 29.4 Å². The van der Waals surface area contributed by atoms with Gasteiger partial charge < -0.3 is 14.8 Å². The molecule has 1 N–H and O–H groups in total. The number of anilines is 1. The molecule has 4 aromatic rings. The third-order valence-electron chi connectivity index (χ3n) is 7.40. The number of hydrogen-bond donors (Lipinski definition) is 1. The number of nitrogens with zero attached hydrogens (tertiary/aromatic N) is 3. The van der Waals surface area contributed by atoms with Gasteiger partial charge in [-0.25, -0.2) is 4.68 Å². The highest BCUT2D eigenvalue weighted by atomic mass is 35.5. The molecule has 0 bridgehead atoms. The van der Waals surface area contributed by atoms with Gasteiger partial charge in [0.05, 0.1) is 36.5 Å². The minimum Gasteiger partial charge on any atom is -0.496 e. The highest BCUT2D eigenvalue weighted by Crippen LogP contribution is 2.52. The lowest BCUT2D eigenvalue weighted by Gasteiger charge is -2.24. The van der Waals surface area contributed by atoms with Gasteiger partial charge >= 0.3 is 0 Å². The smallest absolute Gasteiger partial charge is 0.240 e. The van der Waals surface area contributed by atoms with Crippen LogP contribution >= 0.6 is 23.4 Å². The monoisotopic (exact) mass is 618 g/mol. The molecule has 2 heterocycles. The SMILES string of the molecule is CCCNC(=O)CN1C(=O)CS[C@H](c2ccccc2Cl)c2c(-c3c(OC)cccc3OC)nn(-c3ccc(C)cc3C)c21. The molecule has 2 amide bonds. The summed E-state index contributed by atoms with van der Waals surface area (Å²) in [5.41, 5.74) is 5.68. The van der Waals surface area contributed by atoms with Crippen LogP contribution in [0, 0.1) is 13.8 Å². The number of carbonyl (C=O) groups excluding carboxylic acids is 2. The number of nitrogens with one attached hydrogen (secondary N) is 1. The molecular weight excluding hydrogens is 584 g/mol. The fourth-order valence-electron chi connectivity index (χ4n) is 5.40. The molecular formula is C33H35ClN4O4S. The Labute approximate surface area is 261 Å². The number of rotatable bonds is 9. The quantitative estimate of drug-likeness (QED) is 0.230. The number of amides is 2. The molecule has 0 spiro atoms. The number of ether oxygens (including phenoxy) is 2. The van der Waals surface area contributed by atoms with Gasteiger partial charge in [0.1, 0.15) is 29.6 Å². The average Bonchev–Trinajstić information content (AvgIpc) is 3.31. The molecule has 1 atom stereocenters. The normalized spacial score (nSPS) is 14.7. The zero-order valence-corrected chi connectivity index (χ0v) is 26.5. The number of benzene rings is 3. The van der Waals surface area contributed by atoms with Crippen LogP contribution < -0.4 is 19.7 Å². The van der Waals surface area contributed by atoms with Crippen molar-refractivity contribution in [1.82, 2.24) is 15.1 Å². The summed E-state index contributed by atoms with van der Waals surface area (Å²) in [4.78, 5) is 28.7. The number of hydrogen-bond acceptors (Lipinski definition) is 6. The molecule has 224 valence electrons. The van der Waals surface area contributed by atoms with Crippen LogP contribution in [0.25, 0.3) is 16.9 Å². The molecule has 43 heavy (non-hydrogen) atoms. The second-order valence-corrected chi connectivity index (χ2v) is 11.9. The molecule has 8 nitrogen and oxygen atoms in total. The summed E-state index contributed by atoms with van der Waals surface area (Å²) < 4.78 is 13.5. The van der Waals surface area contributed by atoms with Crippen LogP contribution in [0.1, 0.15) is 40.8 Å². The van der Waals surface area contributed by atoms with Gasteiger partial charge in [0.15, 0.2) is 0 Å². The van der Waals surface area contributed by atoms with Gasteiger partial charge in [0.2, 0.25) is 11.8 Å². The number of aromatic nitrogens is 2. The van der Waals surface area contributed by atoms with Gasteiger partial charge in [-0.2, -0.15) is 5.10 Å². The Kier molecular flexibility index (Phi) is 9.32. The molecule has 1 aliphatic rings. The standard InChI is InChI=1S/C33H35ClN4O4S/c1-6-16-35-27(39)18-37-28(40)19-43-32(22-10-7-8-11-23(22)34)30-31(29-25(41-4)12-9-13-26(29)42-5)36-38(33(30)37)24-15-14-20(2)17-21(24)3/h7-15,17,32H,6,16,18-19H2,1-5H3,(H,35,39)/t32-/m1/s1. The summed E-state index contributed by atoms with van der Waals surface area (Å²) in [6.07, 6.45) is 0.785. The minimum absolute atomic E-state index is 0.140. The maximum Gasteiger partial charge on any atom is 0.240 e. The van der Waals surface area contributed by atoms with Gasteiger partial charge in [-0.15, -0.1) is 11.8 Å². The van der Waals surface area contributed by atoms with Crippen LogP contribution in [0.15, 0.2) is 60.7 Å². The van der Waals surface area contributed by atoms with Crippen molar-refractivity contribution < 1.29 is 19.1 Å². The molecule has 3 aromatic carbocycles. The van der Waals surface area contributed by atoms with Crippen molar-refractivity contribution in [2.45, 2.75) is 32.4 Å². The lowest BCUT2D eigenvalue weighted by Crippen LogP contribution is -2.42. The summed E-state index contributed by atoms with van der Waals surface area (Å²) in [7, 11) is 3.21. The van der Waals surface area contributed by atoms with Gasteiger partial charge in [-0.1, -0.05) is 60.5 Å². The Morgan fingerprint density at radius 3 is 2.44 bits per heavy atom. The van der Waals surface area contributed by atoms with Crippen LogP contribution in [-0.2, 0) is 9.59 Å². The lowest BCUT2D eigenvalue weighted by molar-refractivity contribution is -0.122. The molecule has 0 radical (unpaired) electrons. The highest BCUT2D eigenvalue weighted by molar-refractivity contribution is 8.00. The minimum atomic E-state index is -0.388. The van der Waals surface area contributed by atoms with E-state index < -0.39 is 0 Å². The first-order valence-corrected chi connectivity index (χ1v) is 15.6. The maximum atomic E-state index is 14.0. The second kappa shape index (κ2) is 13.1. The first-order chi connectivity index (χ1) is 20.8. The molecule has 1 aromatic heterocycles. The van der Waals surface area contributed by atoms with Crippen molar-refractivity contribution in [2.24, 2.45) is 0 Å².